The van der Waals surface area contributed by atoms with Crippen LogP contribution in [0.5, 0.6) is 5.75 Å². The van der Waals surface area contributed by atoms with E-state index in [1.807, 2.05) is 64.6 Å². The Morgan fingerprint density at radius 2 is 1.67 bits per heavy atom. The van der Waals surface area contributed by atoms with Crippen molar-refractivity contribution in [2.24, 2.45) is 0 Å². The van der Waals surface area contributed by atoms with Crippen molar-refractivity contribution in [3.8, 4) is 5.75 Å². The van der Waals surface area contributed by atoms with E-state index >= 15 is 0 Å². The lowest BCUT2D eigenvalue weighted by Gasteiger charge is -2.14. The molecular formula is C22H29N3O2. The zero-order valence-electron chi connectivity index (χ0n) is 16.2. The predicted molar refractivity (Wildman–Crippen MR) is 108 cm³/mol. The summed E-state index contributed by atoms with van der Waals surface area (Å²) in [6.07, 6.45) is 2.68. The molecule has 2 N–H and O–H groups in total. The van der Waals surface area contributed by atoms with Gasteiger partial charge in [-0.15, -0.1) is 0 Å². The van der Waals surface area contributed by atoms with Gasteiger partial charge in [0.25, 0.3) is 0 Å². The van der Waals surface area contributed by atoms with Crippen LogP contribution in [0.3, 0.4) is 0 Å². The van der Waals surface area contributed by atoms with E-state index in [0.717, 1.165) is 42.6 Å². The second kappa shape index (κ2) is 8.91. The molecule has 27 heavy (non-hydrogen) atoms. The minimum atomic E-state index is -0.685. The normalized spacial score (nSPS) is 12.4. The van der Waals surface area contributed by atoms with Gasteiger partial charge in [0.15, 0.2) is 0 Å². The molecule has 0 fully saturated rings. The number of unbranched alkanes of at least 4 members (excludes halogenated alkanes) is 2. The summed E-state index contributed by atoms with van der Waals surface area (Å²) in [6.45, 7) is 5.58. The van der Waals surface area contributed by atoms with Crippen LogP contribution in [-0.4, -0.2) is 27.0 Å². The van der Waals surface area contributed by atoms with Crippen molar-refractivity contribution in [1.29, 1.82) is 5.41 Å². The lowest BCUT2D eigenvalue weighted by Crippen LogP contribution is -2.31. The summed E-state index contributed by atoms with van der Waals surface area (Å²) >= 11 is 0. The number of imidazole rings is 1. The fraction of sp³-hybridized carbons (Fsp3) is 0.409. The summed E-state index contributed by atoms with van der Waals surface area (Å²) in [5, 5.41) is 19.1. The Bertz CT molecular complexity index is 925. The Morgan fingerprint density at radius 1 is 1.00 bits per heavy atom. The van der Waals surface area contributed by atoms with E-state index in [9.17, 15) is 5.11 Å². The van der Waals surface area contributed by atoms with Gasteiger partial charge >= 0.3 is 0 Å². The molecule has 0 bridgehead atoms. The molecule has 1 aromatic heterocycles. The molecule has 0 aliphatic heterocycles. The topological polar surface area (TPSA) is 63.2 Å². The number of rotatable bonds is 9. The van der Waals surface area contributed by atoms with Crippen LogP contribution in [0.25, 0.3) is 11.0 Å². The van der Waals surface area contributed by atoms with Gasteiger partial charge in [-0.25, -0.2) is 0 Å². The molecule has 0 saturated carbocycles. The highest BCUT2D eigenvalue weighted by molar-refractivity contribution is 5.75. The first-order chi connectivity index (χ1) is 13.1. The van der Waals surface area contributed by atoms with Crippen molar-refractivity contribution < 1.29 is 9.84 Å². The monoisotopic (exact) mass is 367 g/mol. The summed E-state index contributed by atoms with van der Waals surface area (Å²) in [4.78, 5) is 0. The number of nitrogens with zero attached hydrogens (tertiary/aromatic N) is 2. The second-order valence-corrected chi connectivity index (χ2v) is 7.06. The zero-order chi connectivity index (χ0) is 19.2. The molecule has 3 aromatic rings. The van der Waals surface area contributed by atoms with Crippen LogP contribution in [0.1, 0.15) is 31.7 Å². The third kappa shape index (κ3) is 4.61. The van der Waals surface area contributed by atoms with Crippen molar-refractivity contribution in [3.63, 3.8) is 0 Å². The molecule has 144 valence electrons. The van der Waals surface area contributed by atoms with Crippen molar-refractivity contribution in [2.45, 2.75) is 52.3 Å². The summed E-state index contributed by atoms with van der Waals surface area (Å²) < 4.78 is 9.62. The zero-order valence-corrected chi connectivity index (χ0v) is 16.2. The minimum Gasteiger partial charge on any atom is -0.491 e. The Balaban J connectivity index is 1.74. The molecule has 5 heteroatoms. The first-order valence-electron chi connectivity index (χ1n) is 9.70. The lowest BCUT2D eigenvalue weighted by atomic mass is 10.2. The van der Waals surface area contributed by atoms with Gasteiger partial charge in [0, 0.05) is 6.54 Å². The quantitative estimate of drug-likeness (QED) is 0.564. The smallest absolute Gasteiger partial charge is 0.203 e. The van der Waals surface area contributed by atoms with Crippen LogP contribution >= 0.6 is 0 Å². The molecule has 1 heterocycles. The SMILES string of the molecule is CCCCCn1c(=N)n(C[C@H](O)COc2ccc(C)cc2)c2ccccc21. The van der Waals surface area contributed by atoms with Crippen molar-refractivity contribution in [1.82, 2.24) is 9.13 Å². The van der Waals surface area contributed by atoms with Crippen molar-refractivity contribution >= 4 is 11.0 Å². The number of aliphatic hydroxyl groups is 1. The fourth-order valence-corrected chi connectivity index (χ4v) is 3.32. The number of aliphatic hydroxyl groups excluding tert-OH is 1. The Labute approximate surface area is 160 Å². The number of aryl methyl sites for hydroxylation is 2. The maximum atomic E-state index is 10.5. The molecule has 1 atom stereocenters. The number of fused-ring (bicyclic) bond motifs is 1. The Hall–Kier alpha value is -2.53. The Kier molecular flexibility index (Phi) is 6.35. The average molecular weight is 367 g/mol. The first kappa shape index (κ1) is 19.2. The molecule has 2 aromatic carbocycles. The molecule has 0 aliphatic rings. The largest absolute Gasteiger partial charge is 0.491 e. The molecule has 0 spiro atoms. The maximum absolute atomic E-state index is 10.5. The van der Waals surface area contributed by atoms with E-state index in [4.69, 9.17) is 10.1 Å². The van der Waals surface area contributed by atoms with Gasteiger partial charge in [0.1, 0.15) is 18.5 Å². The van der Waals surface area contributed by atoms with Gasteiger partial charge in [0.05, 0.1) is 17.6 Å². The number of aromatic nitrogens is 2. The van der Waals surface area contributed by atoms with Crippen LogP contribution in [-0.2, 0) is 13.1 Å². The number of benzene rings is 2. The van der Waals surface area contributed by atoms with Crippen LogP contribution in [0.2, 0.25) is 0 Å². The van der Waals surface area contributed by atoms with Crippen LogP contribution in [0.4, 0.5) is 0 Å². The molecule has 0 saturated heterocycles. The van der Waals surface area contributed by atoms with E-state index < -0.39 is 6.10 Å². The van der Waals surface area contributed by atoms with Gasteiger partial charge < -0.3 is 19.0 Å². The van der Waals surface area contributed by atoms with Gasteiger partial charge in [-0.05, 0) is 37.6 Å². The number of hydrogen-bond acceptors (Lipinski definition) is 3. The van der Waals surface area contributed by atoms with Crippen molar-refractivity contribution in [3.05, 3.63) is 59.7 Å². The van der Waals surface area contributed by atoms with Crippen LogP contribution < -0.4 is 10.4 Å². The molecular weight excluding hydrogens is 338 g/mol. The molecule has 0 radical (unpaired) electrons. The van der Waals surface area contributed by atoms with Gasteiger partial charge in [-0.1, -0.05) is 49.6 Å². The molecule has 5 nitrogen and oxygen atoms in total. The standard InChI is InChI=1S/C22H29N3O2/c1-3-4-7-14-24-20-8-5-6-9-21(20)25(22(24)23)15-18(26)16-27-19-12-10-17(2)11-13-19/h5-6,8-13,18,23,26H,3-4,7,14-16H2,1-2H3/t18-/m0/s1. The number of hydrogen-bond donors (Lipinski definition) is 2. The molecule has 0 amide bonds. The summed E-state index contributed by atoms with van der Waals surface area (Å²) in [7, 11) is 0. The lowest BCUT2D eigenvalue weighted by molar-refractivity contribution is 0.0921. The highest BCUT2D eigenvalue weighted by Crippen LogP contribution is 2.15. The van der Waals surface area contributed by atoms with Crippen LogP contribution in [0, 0.1) is 12.3 Å². The maximum Gasteiger partial charge on any atom is 0.203 e. The molecule has 3 rings (SSSR count). The third-order valence-electron chi connectivity index (χ3n) is 4.82. The van der Waals surface area contributed by atoms with Crippen molar-refractivity contribution in [2.75, 3.05) is 6.61 Å². The van der Waals surface area contributed by atoms with E-state index in [1.165, 1.54) is 5.56 Å². The number of nitrogens with one attached hydrogen (secondary N) is 1. The number of ether oxygens (including phenoxy) is 1. The van der Waals surface area contributed by atoms with E-state index in [1.54, 1.807) is 0 Å². The predicted octanol–water partition coefficient (Wildman–Crippen LogP) is 3.86. The second-order valence-electron chi connectivity index (χ2n) is 7.06. The van der Waals surface area contributed by atoms with Crippen LogP contribution in [0.15, 0.2) is 48.5 Å². The highest BCUT2D eigenvalue weighted by atomic mass is 16.5. The van der Waals surface area contributed by atoms with E-state index in [2.05, 4.69) is 6.92 Å². The van der Waals surface area contributed by atoms with Gasteiger partial charge in [-0.3, -0.25) is 5.41 Å². The fourth-order valence-electron chi connectivity index (χ4n) is 3.32. The Morgan fingerprint density at radius 3 is 2.33 bits per heavy atom. The highest BCUT2D eigenvalue weighted by Gasteiger charge is 2.14. The number of para-hydroxylation sites is 2. The average Bonchev–Trinajstić information content (AvgIpc) is 2.94. The van der Waals surface area contributed by atoms with Gasteiger partial charge in [-0.2, -0.15) is 0 Å². The summed E-state index contributed by atoms with van der Waals surface area (Å²) in [5.74, 6) is 0.748. The molecule has 0 unspecified atom stereocenters. The third-order valence-corrected chi connectivity index (χ3v) is 4.82. The summed E-state index contributed by atoms with van der Waals surface area (Å²) in [6, 6.07) is 15.8. The van der Waals surface area contributed by atoms with E-state index in [0.29, 0.717) is 12.2 Å². The minimum absolute atomic E-state index is 0.199. The van der Waals surface area contributed by atoms with Gasteiger partial charge in [0.2, 0.25) is 5.62 Å². The molecule has 0 aliphatic carbocycles. The van der Waals surface area contributed by atoms with E-state index in [-0.39, 0.29) is 6.61 Å². The summed E-state index contributed by atoms with van der Waals surface area (Å²) in [5.41, 5.74) is 3.63. The first-order valence-corrected chi connectivity index (χ1v) is 9.70.